The lowest BCUT2D eigenvalue weighted by atomic mass is 9.94. The molecular formula is C40H26N4. The summed E-state index contributed by atoms with van der Waals surface area (Å²) in [5.41, 5.74) is 11.9. The third kappa shape index (κ3) is 4.79. The van der Waals surface area contributed by atoms with Crippen molar-refractivity contribution in [3.8, 4) is 55.9 Å². The maximum absolute atomic E-state index is 5.00. The Morgan fingerprint density at radius 1 is 0.364 bits per heavy atom. The second-order valence-corrected chi connectivity index (χ2v) is 10.8. The van der Waals surface area contributed by atoms with Gasteiger partial charge in [0.05, 0.1) is 16.9 Å². The topological polar surface area (TPSA) is 51.6 Å². The molecule has 0 amide bonds. The Morgan fingerprint density at radius 3 is 1.70 bits per heavy atom. The van der Waals surface area contributed by atoms with E-state index in [1.807, 2.05) is 36.5 Å². The molecule has 4 heteroatoms. The molecule has 0 saturated carbocycles. The van der Waals surface area contributed by atoms with Crippen LogP contribution in [-0.4, -0.2) is 19.9 Å². The van der Waals surface area contributed by atoms with Crippen molar-refractivity contribution in [2.75, 3.05) is 0 Å². The van der Waals surface area contributed by atoms with E-state index in [0.29, 0.717) is 0 Å². The van der Waals surface area contributed by atoms with Gasteiger partial charge in [-0.2, -0.15) is 0 Å². The van der Waals surface area contributed by atoms with Crippen LogP contribution < -0.4 is 0 Å². The average molecular weight is 563 g/mol. The van der Waals surface area contributed by atoms with Gasteiger partial charge in [-0.25, -0.2) is 4.98 Å². The standard InChI is InChI=1S/C40H26N4/c1-4-32(27-9-11-28(12-10-27)35-7-2-8-37-36(35)14-13-31-6-3-19-43-40(31)37)24-33(5-1)34-25-38(29-15-20-41-21-16-29)44-39(26-34)30-17-22-42-23-18-30/h1-26H. The molecule has 0 aliphatic carbocycles. The first-order chi connectivity index (χ1) is 21.8. The number of hydrogen-bond acceptors (Lipinski definition) is 4. The molecular weight excluding hydrogens is 536 g/mol. The lowest BCUT2D eigenvalue weighted by Gasteiger charge is -2.12. The average Bonchev–Trinajstić information content (AvgIpc) is 3.12. The smallest absolute Gasteiger partial charge is 0.0780 e. The zero-order chi connectivity index (χ0) is 29.3. The molecule has 4 nitrogen and oxygen atoms in total. The van der Waals surface area contributed by atoms with E-state index in [0.717, 1.165) is 50.1 Å². The lowest BCUT2D eigenvalue weighted by molar-refractivity contribution is 1.27. The molecule has 0 radical (unpaired) electrons. The van der Waals surface area contributed by atoms with Crippen LogP contribution in [0.1, 0.15) is 0 Å². The minimum atomic E-state index is 0.907. The first-order valence-electron chi connectivity index (χ1n) is 14.6. The van der Waals surface area contributed by atoms with Crippen molar-refractivity contribution in [2.24, 2.45) is 0 Å². The van der Waals surface area contributed by atoms with Gasteiger partial charge < -0.3 is 0 Å². The predicted octanol–water partition coefficient (Wildman–Crippen LogP) is 9.91. The highest BCUT2D eigenvalue weighted by Crippen LogP contribution is 2.35. The normalized spacial score (nSPS) is 11.2. The monoisotopic (exact) mass is 562 g/mol. The first-order valence-corrected chi connectivity index (χ1v) is 14.6. The van der Waals surface area contributed by atoms with Gasteiger partial charge in [-0.3, -0.25) is 15.0 Å². The minimum absolute atomic E-state index is 0.907. The Labute approximate surface area is 255 Å². The molecule has 0 atom stereocenters. The van der Waals surface area contributed by atoms with Crippen LogP contribution in [0.2, 0.25) is 0 Å². The predicted molar refractivity (Wildman–Crippen MR) is 180 cm³/mol. The second kappa shape index (κ2) is 11.0. The molecule has 0 bridgehead atoms. The number of hydrogen-bond donors (Lipinski definition) is 0. The Bertz CT molecular complexity index is 2200. The summed E-state index contributed by atoms with van der Waals surface area (Å²) < 4.78 is 0. The summed E-state index contributed by atoms with van der Waals surface area (Å²) in [5, 5.41) is 3.54. The van der Waals surface area contributed by atoms with Crippen LogP contribution in [0.3, 0.4) is 0 Å². The molecule has 4 heterocycles. The molecule has 0 aliphatic rings. The van der Waals surface area contributed by atoms with Crippen LogP contribution in [-0.2, 0) is 0 Å². The SMILES string of the molecule is c1cc(-c2ccc(-c3cccc4c3ccc3cccnc34)cc2)cc(-c2cc(-c3ccncc3)nc(-c3ccncc3)c2)c1. The van der Waals surface area contributed by atoms with Gasteiger partial charge in [0.1, 0.15) is 0 Å². The van der Waals surface area contributed by atoms with E-state index < -0.39 is 0 Å². The van der Waals surface area contributed by atoms with Crippen LogP contribution in [0, 0.1) is 0 Å². The van der Waals surface area contributed by atoms with Gasteiger partial charge in [0.25, 0.3) is 0 Å². The summed E-state index contributed by atoms with van der Waals surface area (Å²) in [5.74, 6) is 0. The van der Waals surface area contributed by atoms with Crippen LogP contribution in [0.4, 0.5) is 0 Å². The molecule has 0 fully saturated rings. The van der Waals surface area contributed by atoms with Crippen molar-refractivity contribution < 1.29 is 0 Å². The van der Waals surface area contributed by atoms with Crippen LogP contribution >= 0.6 is 0 Å². The summed E-state index contributed by atoms with van der Waals surface area (Å²) in [6.45, 7) is 0. The van der Waals surface area contributed by atoms with Crippen LogP contribution in [0.25, 0.3) is 77.6 Å². The van der Waals surface area contributed by atoms with Crippen LogP contribution in [0.5, 0.6) is 0 Å². The van der Waals surface area contributed by atoms with E-state index in [1.165, 1.54) is 27.5 Å². The fourth-order valence-corrected chi connectivity index (χ4v) is 5.91. The molecule has 0 unspecified atom stereocenters. The van der Waals surface area contributed by atoms with Crippen LogP contribution in [0.15, 0.2) is 158 Å². The third-order valence-corrected chi connectivity index (χ3v) is 8.13. The maximum atomic E-state index is 5.00. The summed E-state index contributed by atoms with van der Waals surface area (Å²) >= 11 is 0. The molecule has 0 aliphatic heterocycles. The number of aromatic nitrogens is 4. The second-order valence-electron chi connectivity index (χ2n) is 10.8. The summed E-state index contributed by atoms with van der Waals surface area (Å²) in [4.78, 5) is 18.0. The number of pyridine rings is 4. The Hall–Kier alpha value is -6.00. The summed E-state index contributed by atoms with van der Waals surface area (Å²) in [7, 11) is 0. The molecule has 4 aromatic carbocycles. The highest BCUT2D eigenvalue weighted by atomic mass is 14.7. The van der Waals surface area contributed by atoms with Crippen molar-refractivity contribution in [1.29, 1.82) is 0 Å². The fraction of sp³-hybridized carbons (Fsp3) is 0. The first kappa shape index (κ1) is 25.7. The zero-order valence-electron chi connectivity index (χ0n) is 23.8. The van der Waals surface area contributed by atoms with Crippen molar-refractivity contribution in [1.82, 2.24) is 19.9 Å². The molecule has 44 heavy (non-hydrogen) atoms. The van der Waals surface area contributed by atoms with E-state index in [-0.39, 0.29) is 0 Å². The fourth-order valence-electron chi connectivity index (χ4n) is 5.91. The number of nitrogens with zero attached hydrogens (tertiary/aromatic N) is 4. The number of fused-ring (bicyclic) bond motifs is 3. The molecule has 0 spiro atoms. The highest BCUT2D eigenvalue weighted by molar-refractivity contribution is 6.10. The van der Waals surface area contributed by atoms with E-state index in [2.05, 4.69) is 112 Å². The maximum Gasteiger partial charge on any atom is 0.0780 e. The molecule has 0 N–H and O–H groups in total. The largest absolute Gasteiger partial charge is 0.265 e. The van der Waals surface area contributed by atoms with Gasteiger partial charge in [-0.05, 0) is 87.3 Å². The van der Waals surface area contributed by atoms with E-state index in [9.17, 15) is 0 Å². The quantitative estimate of drug-likeness (QED) is 0.196. The molecule has 206 valence electrons. The van der Waals surface area contributed by atoms with E-state index in [4.69, 9.17) is 4.98 Å². The molecule has 0 saturated heterocycles. The van der Waals surface area contributed by atoms with Crippen molar-refractivity contribution in [2.45, 2.75) is 0 Å². The van der Waals surface area contributed by atoms with E-state index >= 15 is 0 Å². The van der Waals surface area contributed by atoms with E-state index in [1.54, 1.807) is 24.8 Å². The molecule has 8 rings (SSSR count). The summed E-state index contributed by atoms with van der Waals surface area (Å²) in [6, 6.07) is 44.8. The lowest BCUT2D eigenvalue weighted by Crippen LogP contribution is -1.92. The Morgan fingerprint density at radius 2 is 1.00 bits per heavy atom. The highest BCUT2D eigenvalue weighted by Gasteiger charge is 2.11. The van der Waals surface area contributed by atoms with Crippen molar-refractivity contribution in [3.63, 3.8) is 0 Å². The minimum Gasteiger partial charge on any atom is -0.265 e. The summed E-state index contributed by atoms with van der Waals surface area (Å²) in [6.07, 6.45) is 9.08. The number of rotatable bonds is 5. The number of benzene rings is 4. The van der Waals surface area contributed by atoms with Gasteiger partial charge in [-0.15, -0.1) is 0 Å². The van der Waals surface area contributed by atoms with Crippen molar-refractivity contribution in [3.05, 3.63) is 158 Å². The Balaban J connectivity index is 1.17. The Kier molecular flexibility index (Phi) is 6.43. The third-order valence-electron chi connectivity index (χ3n) is 8.13. The van der Waals surface area contributed by atoms with Crippen molar-refractivity contribution >= 4 is 21.7 Å². The zero-order valence-corrected chi connectivity index (χ0v) is 23.8. The van der Waals surface area contributed by atoms with Gasteiger partial charge in [0.15, 0.2) is 0 Å². The molecule has 8 aromatic rings. The van der Waals surface area contributed by atoms with Gasteiger partial charge >= 0.3 is 0 Å². The van der Waals surface area contributed by atoms with Gasteiger partial charge in [-0.1, -0.05) is 78.9 Å². The van der Waals surface area contributed by atoms with Gasteiger partial charge in [0, 0.05) is 52.9 Å². The molecule has 4 aromatic heterocycles. The van der Waals surface area contributed by atoms with Gasteiger partial charge in [0.2, 0.25) is 0 Å².